The molecule has 0 spiro atoms. The molecule has 1 aliphatic rings. The van der Waals surface area contributed by atoms with E-state index in [1.165, 1.54) is 0 Å². The van der Waals surface area contributed by atoms with Crippen molar-refractivity contribution in [3.63, 3.8) is 0 Å². The van der Waals surface area contributed by atoms with E-state index >= 15 is 0 Å². The van der Waals surface area contributed by atoms with E-state index in [0.717, 1.165) is 0 Å². The summed E-state index contributed by atoms with van der Waals surface area (Å²) in [4.78, 5) is 17.3. The molecule has 0 saturated carbocycles. The molecule has 0 radical (unpaired) electrons. The first-order valence-corrected chi connectivity index (χ1v) is 5.23. The SMILES string of the molecule is O=P(O)(O)[C@H]1OC[C@@H](O)[C@H](O)[C@H]1O. The highest BCUT2D eigenvalue weighted by atomic mass is 31.2. The van der Waals surface area contributed by atoms with Crippen LogP contribution in [0.25, 0.3) is 0 Å². The molecule has 1 saturated heterocycles. The van der Waals surface area contributed by atoms with Gasteiger partial charge in [-0.25, -0.2) is 0 Å². The van der Waals surface area contributed by atoms with Crippen LogP contribution in [0.1, 0.15) is 0 Å². The van der Waals surface area contributed by atoms with Crippen molar-refractivity contribution in [1.82, 2.24) is 0 Å². The molecule has 0 unspecified atom stereocenters. The summed E-state index contributed by atoms with van der Waals surface area (Å²) in [6.07, 6.45) is -4.69. The van der Waals surface area contributed by atoms with Crippen LogP contribution >= 0.6 is 7.60 Å². The minimum Gasteiger partial charge on any atom is -0.388 e. The van der Waals surface area contributed by atoms with Gasteiger partial charge in [-0.3, -0.25) is 4.57 Å². The zero-order valence-electron chi connectivity index (χ0n) is 6.52. The molecule has 0 aromatic rings. The molecule has 0 amide bonds. The normalized spacial score (nSPS) is 41.9. The summed E-state index contributed by atoms with van der Waals surface area (Å²) in [7, 11) is -4.60. The second-order valence-electron chi connectivity index (χ2n) is 2.86. The predicted molar refractivity (Wildman–Crippen MR) is 39.8 cm³/mol. The lowest BCUT2D eigenvalue weighted by Gasteiger charge is -2.35. The molecule has 0 aliphatic carbocycles. The van der Waals surface area contributed by atoms with Gasteiger partial charge in [0.25, 0.3) is 0 Å². The molecular weight excluding hydrogens is 203 g/mol. The minimum atomic E-state index is -4.60. The molecule has 5 N–H and O–H groups in total. The van der Waals surface area contributed by atoms with Crippen LogP contribution in [0.2, 0.25) is 0 Å². The van der Waals surface area contributed by atoms with Gasteiger partial charge in [0.2, 0.25) is 0 Å². The first kappa shape index (κ1) is 11.1. The predicted octanol–water partition coefficient (Wildman–Crippen LogP) is -2.40. The maximum atomic E-state index is 10.7. The lowest BCUT2D eigenvalue weighted by atomic mass is 10.1. The fraction of sp³-hybridized carbons (Fsp3) is 1.00. The van der Waals surface area contributed by atoms with Gasteiger partial charge in [-0.2, -0.15) is 0 Å². The molecule has 1 rings (SSSR count). The molecule has 13 heavy (non-hydrogen) atoms. The average molecular weight is 214 g/mol. The Balaban J connectivity index is 2.76. The Labute approximate surface area is 73.7 Å². The summed E-state index contributed by atoms with van der Waals surface area (Å²) in [5.41, 5.74) is 0. The van der Waals surface area contributed by atoms with Gasteiger partial charge in [0.15, 0.2) is 5.85 Å². The first-order valence-electron chi connectivity index (χ1n) is 3.55. The third kappa shape index (κ3) is 2.26. The Morgan fingerprint density at radius 1 is 1.15 bits per heavy atom. The fourth-order valence-corrected chi connectivity index (χ4v) is 1.94. The van der Waals surface area contributed by atoms with Crippen LogP contribution in [0.5, 0.6) is 0 Å². The van der Waals surface area contributed by atoms with Crippen molar-refractivity contribution >= 4 is 7.60 Å². The summed E-state index contributed by atoms with van der Waals surface area (Å²) in [5.74, 6) is -1.76. The summed E-state index contributed by atoms with van der Waals surface area (Å²) < 4.78 is 15.2. The van der Waals surface area contributed by atoms with Gasteiger partial charge in [0.1, 0.15) is 18.3 Å². The number of hydrogen-bond acceptors (Lipinski definition) is 5. The molecule has 0 bridgehead atoms. The molecule has 0 aromatic carbocycles. The average Bonchev–Trinajstić information content (AvgIpc) is 1.98. The molecular formula is C5H11O7P. The Morgan fingerprint density at radius 3 is 2.15 bits per heavy atom. The van der Waals surface area contributed by atoms with Gasteiger partial charge < -0.3 is 29.8 Å². The topological polar surface area (TPSA) is 127 Å². The van der Waals surface area contributed by atoms with Crippen molar-refractivity contribution in [2.75, 3.05) is 6.61 Å². The summed E-state index contributed by atoms with van der Waals surface area (Å²) in [6.45, 7) is -0.409. The van der Waals surface area contributed by atoms with E-state index in [1.54, 1.807) is 0 Å². The van der Waals surface area contributed by atoms with Crippen molar-refractivity contribution in [2.24, 2.45) is 0 Å². The van der Waals surface area contributed by atoms with E-state index in [0.29, 0.717) is 0 Å². The van der Waals surface area contributed by atoms with Crippen molar-refractivity contribution in [2.45, 2.75) is 24.2 Å². The van der Waals surface area contributed by atoms with E-state index < -0.39 is 38.4 Å². The van der Waals surface area contributed by atoms with Crippen molar-refractivity contribution in [1.29, 1.82) is 0 Å². The van der Waals surface area contributed by atoms with Crippen LogP contribution in [-0.2, 0) is 9.30 Å². The lowest BCUT2D eigenvalue weighted by molar-refractivity contribution is -0.168. The van der Waals surface area contributed by atoms with E-state index in [2.05, 4.69) is 4.74 Å². The van der Waals surface area contributed by atoms with Gasteiger partial charge in [0.05, 0.1) is 6.61 Å². The van der Waals surface area contributed by atoms with Crippen LogP contribution in [0.4, 0.5) is 0 Å². The van der Waals surface area contributed by atoms with Crippen LogP contribution < -0.4 is 0 Å². The number of aliphatic hydroxyl groups excluding tert-OH is 3. The summed E-state index contributed by atoms with van der Waals surface area (Å²) in [6, 6.07) is 0. The fourth-order valence-electron chi connectivity index (χ4n) is 1.09. The van der Waals surface area contributed by atoms with E-state index in [-0.39, 0.29) is 0 Å². The second kappa shape index (κ2) is 3.62. The van der Waals surface area contributed by atoms with Gasteiger partial charge in [-0.05, 0) is 0 Å². The van der Waals surface area contributed by atoms with Crippen LogP contribution in [0.15, 0.2) is 0 Å². The van der Waals surface area contributed by atoms with Crippen LogP contribution in [0, 0.1) is 0 Å². The molecule has 8 heteroatoms. The number of ether oxygens (including phenoxy) is 1. The van der Waals surface area contributed by atoms with Gasteiger partial charge in [-0.1, -0.05) is 0 Å². The molecule has 0 aromatic heterocycles. The number of aliphatic hydroxyl groups is 3. The summed E-state index contributed by atoms with van der Waals surface area (Å²) >= 11 is 0. The standard InChI is InChI=1S/C5H11O7P/c6-2-1-12-5(13(9,10)11)4(8)3(2)7/h2-8H,1H2,(H2,9,10,11)/t2-,3+,4-,5-/m1/s1. The molecule has 4 atom stereocenters. The van der Waals surface area contributed by atoms with Crippen LogP contribution in [-0.4, -0.2) is 55.9 Å². The number of rotatable bonds is 1. The van der Waals surface area contributed by atoms with Crippen LogP contribution in [0.3, 0.4) is 0 Å². The second-order valence-corrected chi connectivity index (χ2v) is 4.55. The Hall–Kier alpha value is -0.0100. The van der Waals surface area contributed by atoms with Crippen molar-refractivity contribution in [3.8, 4) is 0 Å². The maximum absolute atomic E-state index is 10.7. The quantitative estimate of drug-likeness (QED) is 0.308. The highest BCUT2D eigenvalue weighted by Crippen LogP contribution is 2.45. The highest BCUT2D eigenvalue weighted by molar-refractivity contribution is 7.52. The monoisotopic (exact) mass is 214 g/mol. The molecule has 1 heterocycles. The van der Waals surface area contributed by atoms with Gasteiger partial charge in [-0.15, -0.1) is 0 Å². The molecule has 1 fully saturated rings. The van der Waals surface area contributed by atoms with E-state index in [1.807, 2.05) is 0 Å². The number of hydrogen-bond donors (Lipinski definition) is 5. The third-order valence-corrected chi connectivity index (χ3v) is 2.92. The molecule has 1 aliphatic heterocycles. The minimum absolute atomic E-state index is 0.409. The Morgan fingerprint density at radius 2 is 1.69 bits per heavy atom. The highest BCUT2D eigenvalue weighted by Gasteiger charge is 2.46. The zero-order valence-corrected chi connectivity index (χ0v) is 7.41. The van der Waals surface area contributed by atoms with Gasteiger partial charge >= 0.3 is 7.60 Å². The third-order valence-electron chi connectivity index (χ3n) is 1.81. The Kier molecular flexibility index (Phi) is 3.09. The lowest BCUT2D eigenvalue weighted by Crippen LogP contribution is -2.52. The largest absolute Gasteiger partial charge is 0.388 e. The Bertz CT molecular complexity index is 225. The molecule has 7 nitrogen and oxygen atoms in total. The van der Waals surface area contributed by atoms with Crippen molar-refractivity contribution < 1.29 is 34.4 Å². The maximum Gasteiger partial charge on any atom is 0.356 e. The molecule has 78 valence electrons. The van der Waals surface area contributed by atoms with Gasteiger partial charge in [0, 0.05) is 0 Å². The van der Waals surface area contributed by atoms with E-state index in [9.17, 15) is 4.57 Å². The summed E-state index contributed by atoms with van der Waals surface area (Å²) in [5, 5.41) is 27.1. The first-order chi connectivity index (χ1) is 5.84. The van der Waals surface area contributed by atoms with E-state index in [4.69, 9.17) is 25.1 Å². The smallest absolute Gasteiger partial charge is 0.356 e. The zero-order chi connectivity index (χ0) is 10.2. The van der Waals surface area contributed by atoms with Crippen molar-refractivity contribution in [3.05, 3.63) is 0 Å².